The maximum Gasteiger partial charge on any atom is 0.310 e. The number of carbonyl (C=O) groups excluding carboxylic acids is 2. The maximum absolute atomic E-state index is 12.7. The van der Waals surface area contributed by atoms with E-state index < -0.39 is 0 Å². The number of ether oxygens (including phenoxy) is 1. The summed E-state index contributed by atoms with van der Waals surface area (Å²) in [5, 5.41) is 0. The van der Waals surface area contributed by atoms with E-state index >= 15 is 0 Å². The predicted molar refractivity (Wildman–Crippen MR) is 89.2 cm³/mol. The molecule has 0 N–H and O–H groups in total. The van der Waals surface area contributed by atoms with Crippen LogP contribution in [0.4, 0.5) is 0 Å². The van der Waals surface area contributed by atoms with Gasteiger partial charge >= 0.3 is 5.97 Å². The second-order valence-electron chi connectivity index (χ2n) is 5.28. The molecule has 1 aliphatic heterocycles. The predicted octanol–water partition coefficient (Wildman–Crippen LogP) is 3.01. The van der Waals surface area contributed by atoms with Gasteiger partial charge in [0, 0.05) is 16.7 Å². The van der Waals surface area contributed by atoms with Crippen LogP contribution in [0.3, 0.4) is 0 Å². The quantitative estimate of drug-likeness (QED) is 0.578. The zero-order valence-corrected chi connectivity index (χ0v) is 14.6. The zero-order chi connectivity index (χ0) is 15.4. The first-order valence-corrected chi connectivity index (χ1v) is 8.33. The molecule has 0 saturated carbocycles. The van der Waals surface area contributed by atoms with Crippen molar-refractivity contribution in [2.45, 2.75) is 26.7 Å². The Labute approximate surface area is 139 Å². The molecule has 1 saturated heterocycles. The molecule has 5 heteroatoms. The van der Waals surface area contributed by atoms with Crippen LogP contribution in [-0.4, -0.2) is 36.5 Å². The Bertz CT molecular complexity index is 544. The molecule has 1 aromatic rings. The molecule has 0 spiro atoms. The smallest absolute Gasteiger partial charge is 0.310 e. The third-order valence-electron chi connectivity index (χ3n) is 3.75. The minimum atomic E-state index is -0.190. The number of esters is 1. The number of hydrogen-bond acceptors (Lipinski definition) is 3. The molecular formula is C16H20INO3. The molecule has 0 bridgehead atoms. The van der Waals surface area contributed by atoms with Crippen molar-refractivity contribution in [2.75, 3.05) is 19.7 Å². The fourth-order valence-electron chi connectivity index (χ4n) is 2.60. The maximum atomic E-state index is 12.7. The standard InChI is InChI=1S/C16H20INO3/c1-3-21-16(20)12-7-5-9-18(10-12)15(19)13-8-4-6-11(2)14(13)17/h4,6,8,12H,3,5,7,9-10H2,1-2H3/t12-/m1/s1. The number of piperidine rings is 1. The van der Waals surface area contributed by atoms with Crippen LogP contribution in [0.1, 0.15) is 35.7 Å². The lowest BCUT2D eigenvalue weighted by atomic mass is 9.97. The Morgan fingerprint density at radius 1 is 1.43 bits per heavy atom. The van der Waals surface area contributed by atoms with Crippen LogP contribution in [0.2, 0.25) is 0 Å². The average Bonchev–Trinajstić information content (AvgIpc) is 2.50. The summed E-state index contributed by atoms with van der Waals surface area (Å²) in [5.41, 5.74) is 1.82. The lowest BCUT2D eigenvalue weighted by Gasteiger charge is -2.32. The topological polar surface area (TPSA) is 46.6 Å². The Morgan fingerprint density at radius 3 is 2.90 bits per heavy atom. The van der Waals surface area contributed by atoms with E-state index in [4.69, 9.17) is 4.74 Å². The van der Waals surface area contributed by atoms with Crippen molar-refractivity contribution >= 4 is 34.5 Å². The SMILES string of the molecule is CCOC(=O)[C@@H]1CCCN(C(=O)c2cccc(C)c2I)C1. The first-order chi connectivity index (χ1) is 10.0. The summed E-state index contributed by atoms with van der Waals surface area (Å²) in [7, 11) is 0. The second-order valence-corrected chi connectivity index (χ2v) is 6.36. The van der Waals surface area contributed by atoms with Crippen LogP contribution in [0.5, 0.6) is 0 Å². The van der Waals surface area contributed by atoms with Gasteiger partial charge in [0.15, 0.2) is 0 Å². The first-order valence-electron chi connectivity index (χ1n) is 7.25. The van der Waals surface area contributed by atoms with E-state index in [0.717, 1.165) is 27.5 Å². The lowest BCUT2D eigenvalue weighted by Crippen LogP contribution is -2.43. The van der Waals surface area contributed by atoms with Crippen molar-refractivity contribution < 1.29 is 14.3 Å². The van der Waals surface area contributed by atoms with Gasteiger partial charge in [0.25, 0.3) is 5.91 Å². The molecule has 0 aromatic heterocycles. The molecule has 114 valence electrons. The highest BCUT2D eigenvalue weighted by atomic mass is 127. The molecule has 4 nitrogen and oxygen atoms in total. The number of halogens is 1. The molecule has 1 aromatic carbocycles. The van der Waals surface area contributed by atoms with Crippen LogP contribution in [0, 0.1) is 16.4 Å². The number of benzene rings is 1. The van der Waals surface area contributed by atoms with Crippen molar-refractivity contribution in [2.24, 2.45) is 5.92 Å². The molecule has 2 rings (SSSR count). The Kier molecular flexibility index (Phi) is 5.61. The van der Waals surface area contributed by atoms with Crippen molar-refractivity contribution in [3.63, 3.8) is 0 Å². The third kappa shape index (κ3) is 3.75. The van der Waals surface area contributed by atoms with Gasteiger partial charge in [-0.1, -0.05) is 12.1 Å². The molecule has 1 fully saturated rings. The Hall–Kier alpha value is -1.11. The highest BCUT2D eigenvalue weighted by Gasteiger charge is 2.30. The summed E-state index contributed by atoms with van der Waals surface area (Å²) in [5.74, 6) is -0.365. The van der Waals surface area contributed by atoms with Gasteiger partial charge in [0.05, 0.1) is 18.1 Å². The largest absolute Gasteiger partial charge is 0.466 e. The summed E-state index contributed by atoms with van der Waals surface area (Å²) < 4.78 is 6.06. The van der Waals surface area contributed by atoms with E-state index in [-0.39, 0.29) is 17.8 Å². The van der Waals surface area contributed by atoms with Gasteiger partial charge in [-0.3, -0.25) is 9.59 Å². The van der Waals surface area contributed by atoms with E-state index in [9.17, 15) is 9.59 Å². The summed E-state index contributed by atoms with van der Waals surface area (Å²) in [6, 6.07) is 5.75. The van der Waals surface area contributed by atoms with Gasteiger partial charge < -0.3 is 9.64 Å². The minimum absolute atomic E-state index is 0.0112. The third-order valence-corrected chi connectivity index (χ3v) is 5.18. The highest BCUT2D eigenvalue weighted by molar-refractivity contribution is 14.1. The zero-order valence-electron chi connectivity index (χ0n) is 12.4. The van der Waals surface area contributed by atoms with Gasteiger partial charge in [-0.15, -0.1) is 0 Å². The molecular weight excluding hydrogens is 381 g/mol. The number of carbonyl (C=O) groups is 2. The Morgan fingerprint density at radius 2 is 2.19 bits per heavy atom. The number of rotatable bonds is 3. The minimum Gasteiger partial charge on any atom is -0.466 e. The van der Waals surface area contributed by atoms with Crippen molar-refractivity contribution in [1.82, 2.24) is 4.90 Å². The van der Waals surface area contributed by atoms with Gasteiger partial charge in [0.2, 0.25) is 0 Å². The van der Waals surface area contributed by atoms with Crippen molar-refractivity contribution in [1.29, 1.82) is 0 Å². The molecule has 0 radical (unpaired) electrons. The number of nitrogens with zero attached hydrogens (tertiary/aromatic N) is 1. The summed E-state index contributed by atoms with van der Waals surface area (Å²) in [6.45, 7) is 5.36. The summed E-state index contributed by atoms with van der Waals surface area (Å²) in [4.78, 5) is 26.3. The van der Waals surface area contributed by atoms with Crippen molar-refractivity contribution in [3.8, 4) is 0 Å². The van der Waals surface area contributed by atoms with Crippen LogP contribution in [0.25, 0.3) is 0 Å². The fourth-order valence-corrected chi connectivity index (χ4v) is 3.19. The molecule has 1 aliphatic rings. The number of aryl methyl sites for hydroxylation is 1. The fraction of sp³-hybridized carbons (Fsp3) is 0.500. The van der Waals surface area contributed by atoms with Crippen molar-refractivity contribution in [3.05, 3.63) is 32.9 Å². The van der Waals surface area contributed by atoms with Gasteiger partial charge in [-0.2, -0.15) is 0 Å². The molecule has 1 amide bonds. The highest BCUT2D eigenvalue weighted by Crippen LogP contribution is 2.23. The van der Waals surface area contributed by atoms with Gasteiger partial charge in [-0.25, -0.2) is 0 Å². The summed E-state index contributed by atoms with van der Waals surface area (Å²) >= 11 is 2.21. The second kappa shape index (κ2) is 7.24. The van der Waals surface area contributed by atoms with E-state index in [1.54, 1.807) is 11.8 Å². The van der Waals surface area contributed by atoms with Crippen LogP contribution in [0.15, 0.2) is 18.2 Å². The Balaban J connectivity index is 2.12. The van der Waals surface area contributed by atoms with Gasteiger partial charge in [-0.05, 0) is 60.9 Å². The monoisotopic (exact) mass is 401 g/mol. The van der Waals surface area contributed by atoms with Crippen LogP contribution >= 0.6 is 22.6 Å². The number of amides is 1. The normalized spacial score (nSPS) is 18.4. The van der Waals surface area contributed by atoms with Gasteiger partial charge in [0.1, 0.15) is 0 Å². The van der Waals surface area contributed by atoms with E-state index in [1.807, 2.05) is 25.1 Å². The number of hydrogen-bond donors (Lipinski definition) is 0. The number of likely N-dealkylation sites (tertiary alicyclic amines) is 1. The van der Waals surface area contributed by atoms with Crippen LogP contribution < -0.4 is 0 Å². The lowest BCUT2D eigenvalue weighted by molar-refractivity contribution is -0.149. The average molecular weight is 401 g/mol. The molecule has 21 heavy (non-hydrogen) atoms. The van der Waals surface area contributed by atoms with E-state index in [0.29, 0.717) is 19.7 Å². The molecule has 0 unspecified atom stereocenters. The molecule has 1 heterocycles. The molecule has 1 atom stereocenters. The molecule has 0 aliphatic carbocycles. The first kappa shape index (κ1) is 16.3. The van der Waals surface area contributed by atoms with Crippen LogP contribution in [-0.2, 0) is 9.53 Å². The van der Waals surface area contributed by atoms with E-state index in [2.05, 4.69) is 22.6 Å². The van der Waals surface area contributed by atoms with E-state index in [1.165, 1.54) is 0 Å². The summed E-state index contributed by atoms with van der Waals surface area (Å²) in [6.07, 6.45) is 1.64.